The van der Waals surface area contributed by atoms with Gasteiger partial charge in [0, 0.05) is 11.6 Å². The topological polar surface area (TPSA) is 18.5 Å². The standard InChI is InChI=1S/C18H25Cl3O2/c1-5-23-18(3,4)9-6-7-13(2)8-10-22-17-15(20)11-14(19)12-16(17)21/h8,11-12H,5-7,9-10H2,1-4H3/b13-8+. The molecule has 0 amide bonds. The molecule has 1 aromatic rings. The summed E-state index contributed by atoms with van der Waals surface area (Å²) in [7, 11) is 0. The molecule has 0 unspecified atom stereocenters. The van der Waals surface area contributed by atoms with Crippen molar-refractivity contribution in [3.8, 4) is 5.75 Å². The van der Waals surface area contributed by atoms with E-state index in [1.165, 1.54) is 5.57 Å². The van der Waals surface area contributed by atoms with Gasteiger partial charge in [-0.15, -0.1) is 0 Å². The molecule has 0 heterocycles. The Morgan fingerprint density at radius 2 is 1.78 bits per heavy atom. The highest BCUT2D eigenvalue weighted by molar-refractivity contribution is 6.40. The maximum Gasteiger partial charge on any atom is 0.157 e. The zero-order valence-electron chi connectivity index (χ0n) is 14.2. The van der Waals surface area contributed by atoms with E-state index in [1.807, 2.05) is 6.92 Å². The molecule has 5 heteroatoms. The molecule has 0 aliphatic carbocycles. The number of hydrogen-bond acceptors (Lipinski definition) is 2. The third-order valence-corrected chi connectivity index (χ3v) is 4.29. The van der Waals surface area contributed by atoms with Crippen LogP contribution in [0, 0.1) is 0 Å². The Hall–Kier alpha value is -0.410. The Balaban J connectivity index is 2.43. The predicted molar refractivity (Wildman–Crippen MR) is 100 cm³/mol. The van der Waals surface area contributed by atoms with E-state index in [0.717, 1.165) is 25.9 Å². The molecule has 0 aromatic heterocycles. The van der Waals surface area contributed by atoms with Gasteiger partial charge in [-0.2, -0.15) is 0 Å². The molecule has 1 aromatic carbocycles. The lowest BCUT2D eigenvalue weighted by Gasteiger charge is -2.24. The van der Waals surface area contributed by atoms with E-state index in [0.29, 0.717) is 27.4 Å². The minimum Gasteiger partial charge on any atom is -0.486 e. The number of halogens is 3. The van der Waals surface area contributed by atoms with Crippen LogP contribution in [-0.4, -0.2) is 18.8 Å². The molecule has 0 saturated heterocycles. The normalized spacial score (nSPS) is 12.6. The molecule has 0 aliphatic heterocycles. The lowest BCUT2D eigenvalue weighted by atomic mass is 9.99. The molecule has 130 valence electrons. The fourth-order valence-electron chi connectivity index (χ4n) is 2.29. The van der Waals surface area contributed by atoms with Crippen molar-refractivity contribution in [2.45, 2.75) is 52.6 Å². The summed E-state index contributed by atoms with van der Waals surface area (Å²) >= 11 is 18.0. The number of benzene rings is 1. The van der Waals surface area contributed by atoms with Gasteiger partial charge < -0.3 is 9.47 Å². The zero-order valence-corrected chi connectivity index (χ0v) is 16.5. The van der Waals surface area contributed by atoms with Crippen LogP contribution >= 0.6 is 34.8 Å². The summed E-state index contributed by atoms with van der Waals surface area (Å²) in [5, 5.41) is 1.34. The van der Waals surface area contributed by atoms with Gasteiger partial charge in [-0.1, -0.05) is 40.4 Å². The highest BCUT2D eigenvalue weighted by atomic mass is 35.5. The van der Waals surface area contributed by atoms with Crippen molar-refractivity contribution < 1.29 is 9.47 Å². The van der Waals surface area contributed by atoms with E-state index in [-0.39, 0.29) is 5.60 Å². The average Bonchev–Trinajstić information content (AvgIpc) is 2.41. The van der Waals surface area contributed by atoms with E-state index >= 15 is 0 Å². The van der Waals surface area contributed by atoms with Gasteiger partial charge in [0.15, 0.2) is 5.75 Å². The fraction of sp³-hybridized carbons (Fsp3) is 0.556. The van der Waals surface area contributed by atoms with Crippen LogP contribution < -0.4 is 4.74 Å². The summed E-state index contributed by atoms with van der Waals surface area (Å²) in [5.74, 6) is 0.472. The minimum atomic E-state index is -0.0596. The first kappa shape index (κ1) is 20.6. The molecule has 23 heavy (non-hydrogen) atoms. The number of rotatable bonds is 9. The zero-order chi connectivity index (χ0) is 17.5. The molecule has 0 bridgehead atoms. The lowest BCUT2D eigenvalue weighted by molar-refractivity contribution is -0.0173. The van der Waals surface area contributed by atoms with E-state index in [9.17, 15) is 0 Å². The molecular weight excluding hydrogens is 355 g/mol. The lowest BCUT2D eigenvalue weighted by Crippen LogP contribution is -2.24. The maximum absolute atomic E-state index is 6.09. The Bertz CT molecular complexity index is 516. The van der Waals surface area contributed by atoms with E-state index in [4.69, 9.17) is 44.3 Å². The fourth-order valence-corrected chi connectivity index (χ4v) is 3.22. The average molecular weight is 380 g/mol. The molecule has 0 fully saturated rings. The van der Waals surface area contributed by atoms with E-state index in [1.54, 1.807) is 12.1 Å². The van der Waals surface area contributed by atoms with Crippen LogP contribution in [0.1, 0.15) is 47.0 Å². The van der Waals surface area contributed by atoms with Crippen LogP contribution in [0.25, 0.3) is 0 Å². The van der Waals surface area contributed by atoms with Gasteiger partial charge in [0.05, 0.1) is 15.6 Å². The summed E-state index contributed by atoms with van der Waals surface area (Å²) in [6.07, 6.45) is 5.18. The minimum absolute atomic E-state index is 0.0596. The second-order valence-corrected chi connectivity index (χ2v) is 7.36. The van der Waals surface area contributed by atoms with Crippen molar-refractivity contribution in [1.82, 2.24) is 0 Å². The Morgan fingerprint density at radius 1 is 1.17 bits per heavy atom. The molecular formula is C18H25Cl3O2. The van der Waals surface area contributed by atoms with Crippen molar-refractivity contribution in [2.75, 3.05) is 13.2 Å². The van der Waals surface area contributed by atoms with Crippen molar-refractivity contribution in [3.05, 3.63) is 38.8 Å². The van der Waals surface area contributed by atoms with Crippen LogP contribution in [0.3, 0.4) is 0 Å². The number of allylic oxidation sites excluding steroid dienone is 1. The Labute approximate surface area is 154 Å². The first-order valence-electron chi connectivity index (χ1n) is 7.82. The quantitative estimate of drug-likeness (QED) is 0.432. The summed E-state index contributed by atoms with van der Waals surface area (Å²) in [5.41, 5.74) is 1.22. The molecule has 0 spiro atoms. The van der Waals surface area contributed by atoms with Crippen molar-refractivity contribution in [3.63, 3.8) is 0 Å². The number of hydrogen-bond donors (Lipinski definition) is 0. The van der Waals surface area contributed by atoms with Gasteiger partial charge in [0.2, 0.25) is 0 Å². The smallest absolute Gasteiger partial charge is 0.157 e. The number of ether oxygens (including phenoxy) is 2. The SMILES string of the molecule is CCOC(C)(C)CCC/C(C)=C/COc1c(Cl)cc(Cl)cc1Cl. The highest BCUT2D eigenvalue weighted by Crippen LogP contribution is 2.35. The predicted octanol–water partition coefficient (Wildman–Crippen LogP) is 6.96. The summed E-state index contributed by atoms with van der Waals surface area (Å²) in [6.45, 7) is 9.56. The second-order valence-electron chi connectivity index (χ2n) is 6.11. The third-order valence-electron chi connectivity index (χ3n) is 3.51. The van der Waals surface area contributed by atoms with E-state index in [2.05, 4.69) is 26.8 Å². The maximum atomic E-state index is 6.09. The molecule has 0 radical (unpaired) electrons. The van der Waals surface area contributed by atoms with Gasteiger partial charge in [0.25, 0.3) is 0 Å². The first-order valence-corrected chi connectivity index (χ1v) is 8.95. The van der Waals surface area contributed by atoms with Crippen LogP contribution in [0.4, 0.5) is 0 Å². The molecule has 1 rings (SSSR count). The largest absolute Gasteiger partial charge is 0.486 e. The van der Waals surface area contributed by atoms with Crippen LogP contribution in [0.15, 0.2) is 23.8 Å². The van der Waals surface area contributed by atoms with Crippen LogP contribution in [-0.2, 0) is 4.74 Å². The Kier molecular flexibility index (Phi) is 8.78. The second kappa shape index (κ2) is 9.78. The monoisotopic (exact) mass is 378 g/mol. The van der Waals surface area contributed by atoms with Gasteiger partial charge in [-0.05, 0) is 65.2 Å². The van der Waals surface area contributed by atoms with Crippen molar-refractivity contribution >= 4 is 34.8 Å². The Morgan fingerprint density at radius 3 is 2.35 bits per heavy atom. The molecule has 0 aliphatic rings. The molecule has 0 saturated carbocycles. The first-order chi connectivity index (χ1) is 10.7. The van der Waals surface area contributed by atoms with Crippen molar-refractivity contribution in [1.29, 1.82) is 0 Å². The third kappa shape index (κ3) is 7.80. The summed E-state index contributed by atoms with van der Waals surface area (Å²) in [6, 6.07) is 3.24. The van der Waals surface area contributed by atoms with Gasteiger partial charge in [0.1, 0.15) is 6.61 Å². The van der Waals surface area contributed by atoms with E-state index < -0.39 is 0 Å². The summed E-state index contributed by atoms with van der Waals surface area (Å²) in [4.78, 5) is 0. The summed E-state index contributed by atoms with van der Waals surface area (Å²) < 4.78 is 11.4. The van der Waals surface area contributed by atoms with Gasteiger partial charge in [-0.3, -0.25) is 0 Å². The van der Waals surface area contributed by atoms with Gasteiger partial charge >= 0.3 is 0 Å². The molecule has 0 N–H and O–H groups in total. The van der Waals surface area contributed by atoms with Crippen LogP contribution in [0.2, 0.25) is 15.1 Å². The highest BCUT2D eigenvalue weighted by Gasteiger charge is 2.16. The van der Waals surface area contributed by atoms with Crippen LogP contribution in [0.5, 0.6) is 5.75 Å². The molecule has 2 nitrogen and oxygen atoms in total. The van der Waals surface area contributed by atoms with Crippen molar-refractivity contribution in [2.24, 2.45) is 0 Å². The molecule has 0 atom stereocenters. The van der Waals surface area contributed by atoms with Gasteiger partial charge in [-0.25, -0.2) is 0 Å².